The number of imidazole rings is 1. The van der Waals surface area contributed by atoms with Gasteiger partial charge in [0.2, 0.25) is 5.91 Å². The lowest BCUT2D eigenvalue weighted by atomic mass is 10.4. The number of aromatic amines is 1. The van der Waals surface area contributed by atoms with Gasteiger partial charge in [0.1, 0.15) is 12.2 Å². The topological polar surface area (TPSA) is 88.5 Å². The maximum Gasteiger partial charge on any atom is 0.230 e. The standard InChI is InChI=1S/C12H18N6OS/c1-9(2)18-8-16-17-12(18)20-7-11(19)15-4-3-10-13-5-6-14-10/h5-6,8-9H,3-4,7H2,1-2H3,(H,13,14)(H,15,19). The Labute approximate surface area is 121 Å². The van der Waals surface area contributed by atoms with E-state index >= 15 is 0 Å². The molecule has 0 unspecified atom stereocenters. The van der Waals surface area contributed by atoms with E-state index in [9.17, 15) is 4.79 Å². The van der Waals surface area contributed by atoms with Gasteiger partial charge in [-0.2, -0.15) is 0 Å². The van der Waals surface area contributed by atoms with Crippen LogP contribution in [0.5, 0.6) is 0 Å². The Hall–Kier alpha value is -1.83. The molecule has 0 fully saturated rings. The molecule has 0 aliphatic heterocycles. The Morgan fingerprint density at radius 2 is 2.40 bits per heavy atom. The van der Waals surface area contributed by atoms with Crippen LogP contribution in [-0.2, 0) is 11.2 Å². The van der Waals surface area contributed by atoms with Crippen LogP contribution in [0.3, 0.4) is 0 Å². The van der Waals surface area contributed by atoms with Crippen molar-refractivity contribution in [2.75, 3.05) is 12.3 Å². The molecule has 1 amide bonds. The number of H-pyrrole nitrogens is 1. The van der Waals surface area contributed by atoms with Gasteiger partial charge in [0, 0.05) is 31.4 Å². The van der Waals surface area contributed by atoms with Gasteiger partial charge in [0.25, 0.3) is 0 Å². The molecule has 0 saturated carbocycles. The van der Waals surface area contributed by atoms with Crippen LogP contribution >= 0.6 is 11.8 Å². The number of carbonyl (C=O) groups excluding carboxylic acids is 1. The number of nitrogens with one attached hydrogen (secondary N) is 2. The predicted molar refractivity (Wildman–Crippen MR) is 76.4 cm³/mol. The number of carbonyl (C=O) groups is 1. The zero-order valence-electron chi connectivity index (χ0n) is 11.5. The summed E-state index contributed by atoms with van der Waals surface area (Å²) < 4.78 is 1.95. The number of amides is 1. The summed E-state index contributed by atoms with van der Waals surface area (Å²) in [4.78, 5) is 18.8. The fraction of sp³-hybridized carbons (Fsp3) is 0.500. The summed E-state index contributed by atoms with van der Waals surface area (Å²) in [6.45, 7) is 4.68. The lowest BCUT2D eigenvalue weighted by Crippen LogP contribution is -2.27. The Morgan fingerprint density at radius 3 is 3.10 bits per heavy atom. The summed E-state index contributed by atoms with van der Waals surface area (Å²) in [5, 5.41) is 11.5. The average Bonchev–Trinajstić information content (AvgIpc) is 3.07. The van der Waals surface area contributed by atoms with Crippen molar-refractivity contribution in [3.8, 4) is 0 Å². The van der Waals surface area contributed by atoms with Crippen molar-refractivity contribution in [2.24, 2.45) is 0 Å². The first-order valence-corrected chi connectivity index (χ1v) is 7.42. The van der Waals surface area contributed by atoms with Gasteiger partial charge < -0.3 is 14.9 Å². The fourth-order valence-electron chi connectivity index (χ4n) is 1.63. The van der Waals surface area contributed by atoms with Gasteiger partial charge in [-0.3, -0.25) is 4.79 Å². The van der Waals surface area contributed by atoms with Gasteiger partial charge in [-0.05, 0) is 13.8 Å². The molecular weight excluding hydrogens is 276 g/mol. The molecule has 2 heterocycles. The van der Waals surface area contributed by atoms with Crippen LogP contribution in [0.2, 0.25) is 0 Å². The van der Waals surface area contributed by atoms with Crippen LogP contribution in [0.15, 0.2) is 23.9 Å². The third-order valence-corrected chi connectivity index (χ3v) is 3.62. The van der Waals surface area contributed by atoms with E-state index in [1.165, 1.54) is 11.8 Å². The van der Waals surface area contributed by atoms with Gasteiger partial charge in [-0.25, -0.2) is 4.98 Å². The summed E-state index contributed by atoms with van der Waals surface area (Å²) in [6, 6.07) is 0.287. The van der Waals surface area contributed by atoms with Crippen molar-refractivity contribution in [3.63, 3.8) is 0 Å². The van der Waals surface area contributed by atoms with E-state index in [0.717, 1.165) is 11.0 Å². The van der Waals surface area contributed by atoms with Gasteiger partial charge in [-0.15, -0.1) is 10.2 Å². The van der Waals surface area contributed by atoms with Crippen LogP contribution in [-0.4, -0.2) is 42.9 Å². The molecule has 7 nitrogen and oxygen atoms in total. The fourth-order valence-corrected chi connectivity index (χ4v) is 2.50. The Balaban J connectivity index is 1.71. The van der Waals surface area contributed by atoms with E-state index in [-0.39, 0.29) is 11.9 Å². The van der Waals surface area contributed by atoms with Crippen LogP contribution in [0.25, 0.3) is 0 Å². The van der Waals surface area contributed by atoms with Crippen LogP contribution in [0, 0.1) is 0 Å². The van der Waals surface area contributed by atoms with Gasteiger partial charge in [0.05, 0.1) is 5.75 Å². The minimum absolute atomic E-state index is 0.0140. The summed E-state index contributed by atoms with van der Waals surface area (Å²) >= 11 is 1.39. The largest absolute Gasteiger partial charge is 0.355 e. The van der Waals surface area contributed by atoms with Crippen LogP contribution < -0.4 is 5.32 Å². The number of hydrogen-bond donors (Lipinski definition) is 2. The van der Waals surface area contributed by atoms with Crippen molar-refractivity contribution in [2.45, 2.75) is 31.5 Å². The van der Waals surface area contributed by atoms with E-state index < -0.39 is 0 Å². The minimum Gasteiger partial charge on any atom is -0.355 e. The number of rotatable bonds is 7. The highest BCUT2D eigenvalue weighted by atomic mass is 32.2. The zero-order chi connectivity index (χ0) is 14.4. The lowest BCUT2D eigenvalue weighted by Gasteiger charge is -2.09. The summed E-state index contributed by atoms with van der Waals surface area (Å²) in [5.74, 6) is 1.20. The first-order valence-electron chi connectivity index (χ1n) is 6.44. The molecule has 0 spiro atoms. The van der Waals surface area contributed by atoms with Crippen molar-refractivity contribution in [3.05, 3.63) is 24.5 Å². The van der Waals surface area contributed by atoms with Crippen molar-refractivity contribution in [1.29, 1.82) is 0 Å². The highest BCUT2D eigenvalue weighted by molar-refractivity contribution is 7.99. The minimum atomic E-state index is -0.0140. The van der Waals surface area contributed by atoms with Crippen molar-refractivity contribution >= 4 is 17.7 Å². The van der Waals surface area contributed by atoms with Crippen molar-refractivity contribution < 1.29 is 4.79 Å². The lowest BCUT2D eigenvalue weighted by molar-refractivity contribution is -0.118. The van der Waals surface area contributed by atoms with Gasteiger partial charge >= 0.3 is 0 Å². The highest BCUT2D eigenvalue weighted by Gasteiger charge is 2.10. The van der Waals surface area contributed by atoms with E-state index in [4.69, 9.17) is 0 Å². The second kappa shape index (κ2) is 7.09. The normalized spacial score (nSPS) is 10.9. The SMILES string of the molecule is CC(C)n1cnnc1SCC(=O)NCCc1ncc[nH]1. The molecule has 0 aromatic carbocycles. The molecule has 0 atom stereocenters. The molecule has 8 heteroatoms. The Bertz CT molecular complexity index is 536. The number of aromatic nitrogens is 5. The molecule has 0 bridgehead atoms. The molecule has 2 N–H and O–H groups in total. The van der Waals surface area contributed by atoms with E-state index in [1.54, 1.807) is 18.7 Å². The molecule has 2 rings (SSSR count). The first kappa shape index (κ1) is 14.6. The molecule has 108 valence electrons. The Morgan fingerprint density at radius 1 is 1.55 bits per heavy atom. The molecule has 20 heavy (non-hydrogen) atoms. The smallest absolute Gasteiger partial charge is 0.230 e. The van der Waals surface area contributed by atoms with Gasteiger partial charge in [0.15, 0.2) is 5.16 Å². The molecule has 0 aliphatic rings. The number of thioether (sulfide) groups is 1. The van der Waals surface area contributed by atoms with Crippen molar-refractivity contribution in [1.82, 2.24) is 30.0 Å². The summed E-state index contributed by atoms with van der Waals surface area (Å²) in [5.41, 5.74) is 0. The number of nitrogens with zero attached hydrogens (tertiary/aromatic N) is 4. The molecular formula is C12H18N6OS. The summed E-state index contributed by atoms with van der Waals surface area (Å²) in [6.07, 6.45) is 5.85. The third kappa shape index (κ3) is 4.09. The maximum atomic E-state index is 11.7. The van der Waals surface area contributed by atoms with E-state index in [0.29, 0.717) is 18.7 Å². The zero-order valence-corrected chi connectivity index (χ0v) is 12.4. The quantitative estimate of drug-likeness (QED) is 0.745. The Kier molecular flexibility index (Phi) is 5.16. The van der Waals surface area contributed by atoms with E-state index in [1.807, 2.05) is 4.57 Å². The predicted octanol–water partition coefficient (Wildman–Crippen LogP) is 1.03. The third-order valence-electron chi connectivity index (χ3n) is 2.67. The number of hydrogen-bond acceptors (Lipinski definition) is 5. The monoisotopic (exact) mass is 294 g/mol. The molecule has 2 aromatic rings. The first-order chi connectivity index (χ1) is 9.66. The molecule has 0 saturated heterocycles. The maximum absolute atomic E-state index is 11.7. The van der Waals surface area contributed by atoms with Crippen LogP contribution in [0.4, 0.5) is 0 Å². The second-order valence-electron chi connectivity index (χ2n) is 4.54. The van der Waals surface area contributed by atoms with E-state index in [2.05, 4.69) is 39.3 Å². The van der Waals surface area contributed by atoms with Gasteiger partial charge in [-0.1, -0.05) is 11.8 Å². The second-order valence-corrected chi connectivity index (χ2v) is 5.48. The highest BCUT2D eigenvalue weighted by Crippen LogP contribution is 2.18. The molecule has 0 aliphatic carbocycles. The summed E-state index contributed by atoms with van der Waals surface area (Å²) in [7, 11) is 0. The molecule has 2 aromatic heterocycles. The average molecular weight is 294 g/mol. The molecule has 0 radical (unpaired) electrons. The van der Waals surface area contributed by atoms with Crippen LogP contribution in [0.1, 0.15) is 25.7 Å².